The number of para-hydroxylation sites is 1. The minimum absolute atomic E-state index is 0.126. The summed E-state index contributed by atoms with van der Waals surface area (Å²) in [5, 5.41) is 4.93. The van der Waals surface area contributed by atoms with E-state index in [-0.39, 0.29) is 11.9 Å². The molecule has 2 rings (SSSR count). The van der Waals surface area contributed by atoms with E-state index in [9.17, 15) is 9.59 Å². The molecule has 0 aliphatic carbocycles. The zero-order valence-corrected chi connectivity index (χ0v) is 16.0. The summed E-state index contributed by atoms with van der Waals surface area (Å²) in [6, 6.07) is 13.2. The van der Waals surface area contributed by atoms with Crippen LogP contribution in [-0.4, -0.2) is 18.5 Å². The number of hydrogen-bond acceptors (Lipinski definition) is 4. The Labute approximate surface area is 153 Å². The van der Waals surface area contributed by atoms with E-state index in [4.69, 9.17) is 4.74 Å². The number of hydrogen-bond donors (Lipinski definition) is 1. The van der Waals surface area contributed by atoms with Crippen LogP contribution in [0.5, 0.6) is 0 Å². The van der Waals surface area contributed by atoms with Crippen LogP contribution in [0.25, 0.3) is 0 Å². The molecule has 5 heteroatoms. The van der Waals surface area contributed by atoms with Gasteiger partial charge in [-0.3, -0.25) is 9.59 Å². The largest absolute Gasteiger partial charge is 0.466 e. The maximum Gasteiger partial charge on any atom is 0.311 e. The predicted octanol–water partition coefficient (Wildman–Crippen LogP) is 4.62. The second-order valence-electron chi connectivity index (χ2n) is 6.91. The van der Waals surface area contributed by atoms with Gasteiger partial charge in [-0.1, -0.05) is 24.3 Å². The summed E-state index contributed by atoms with van der Waals surface area (Å²) >= 11 is 1.52. The third kappa shape index (κ3) is 4.48. The van der Waals surface area contributed by atoms with Crippen LogP contribution in [0.3, 0.4) is 0 Å². The van der Waals surface area contributed by atoms with Gasteiger partial charge in [0, 0.05) is 10.6 Å². The van der Waals surface area contributed by atoms with Crippen molar-refractivity contribution >= 4 is 28.9 Å². The van der Waals surface area contributed by atoms with Crippen LogP contribution in [0.15, 0.2) is 47.8 Å². The van der Waals surface area contributed by atoms with Crippen molar-refractivity contribution in [2.75, 3.05) is 11.9 Å². The van der Waals surface area contributed by atoms with Crippen LogP contribution < -0.4 is 5.32 Å². The first-order valence-corrected chi connectivity index (χ1v) is 9.25. The lowest BCUT2D eigenvalue weighted by Gasteiger charge is -2.34. The summed E-state index contributed by atoms with van der Waals surface area (Å²) < 4.78 is 5.20. The number of benzene rings is 1. The molecule has 1 unspecified atom stereocenters. The second-order valence-corrected chi connectivity index (χ2v) is 7.86. The number of thiophene rings is 1. The third-order valence-corrected chi connectivity index (χ3v) is 5.36. The molecule has 1 heterocycles. The Morgan fingerprint density at radius 2 is 1.76 bits per heavy atom. The van der Waals surface area contributed by atoms with E-state index in [0.29, 0.717) is 13.0 Å². The van der Waals surface area contributed by atoms with E-state index in [1.165, 1.54) is 11.3 Å². The van der Waals surface area contributed by atoms with Gasteiger partial charge in [0.15, 0.2) is 0 Å². The molecule has 0 aliphatic rings. The topological polar surface area (TPSA) is 55.4 Å². The summed E-state index contributed by atoms with van der Waals surface area (Å²) in [5.41, 5.74) is -0.868. The van der Waals surface area contributed by atoms with E-state index in [1.807, 2.05) is 68.6 Å². The van der Waals surface area contributed by atoms with E-state index in [0.717, 1.165) is 10.6 Å². The monoisotopic (exact) mass is 359 g/mol. The lowest BCUT2D eigenvalue weighted by molar-refractivity contribution is -0.154. The number of anilines is 1. The van der Waals surface area contributed by atoms with Gasteiger partial charge in [0.2, 0.25) is 5.91 Å². The summed E-state index contributed by atoms with van der Waals surface area (Å²) in [4.78, 5) is 26.4. The van der Waals surface area contributed by atoms with Gasteiger partial charge in [-0.2, -0.15) is 0 Å². The molecule has 1 N–H and O–H groups in total. The fourth-order valence-corrected chi connectivity index (χ4v) is 3.83. The third-order valence-electron chi connectivity index (χ3n) is 4.22. The van der Waals surface area contributed by atoms with E-state index >= 15 is 0 Å². The number of nitrogens with one attached hydrogen (secondary N) is 1. The highest BCUT2D eigenvalue weighted by Gasteiger charge is 2.44. The first-order valence-electron chi connectivity index (χ1n) is 8.37. The Morgan fingerprint density at radius 3 is 2.32 bits per heavy atom. The highest BCUT2D eigenvalue weighted by atomic mass is 32.1. The van der Waals surface area contributed by atoms with Gasteiger partial charge in [0.05, 0.1) is 17.4 Å². The molecular weight excluding hydrogens is 334 g/mol. The molecular formula is C20H25NO3S. The van der Waals surface area contributed by atoms with Gasteiger partial charge in [-0.15, -0.1) is 11.3 Å². The van der Waals surface area contributed by atoms with E-state index < -0.39 is 10.8 Å². The normalized spacial score (nSPS) is 13.8. The molecule has 0 fully saturated rings. The SMILES string of the molecule is CCOC(=O)C(C)(C)CC(C)(C(=O)Nc1ccccc1)c1cccs1. The zero-order chi connectivity index (χ0) is 18.5. The van der Waals surface area contributed by atoms with Crippen molar-refractivity contribution in [1.82, 2.24) is 0 Å². The second kappa shape index (κ2) is 7.83. The Balaban J connectivity index is 2.31. The van der Waals surface area contributed by atoms with E-state index in [2.05, 4.69) is 5.32 Å². The lowest BCUT2D eigenvalue weighted by Crippen LogP contribution is -2.43. The van der Waals surface area contributed by atoms with Crippen molar-refractivity contribution in [3.63, 3.8) is 0 Å². The molecule has 1 amide bonds. The number of carbonyl (C=O) groups excluding carboxylic acids is 2. The Kier molecular flexibility index (Phi) is 6.01. The van der Waals surface area contributed by atoms with Gasteiger partial charge < -0.3 is 10.1 Å². The number of esters is 1. The predicted molar refractivity (Wildman–Crippen MR) is 102 cm³/mol. The van der Waals surface area contributed by atoms with Crippen LogP contribution >= 0.6 is 11.3 Å². The van der Waals surface area contributed by atoms with Crippen molar-refractivity contribution in [3.8, 4) is 0 Å². The van der Waals surface area contributed by atoms with Gasteiger partial charge in [-0.25, -0.2) is 0 Å². The van der Waals surface area contributed by atoms with Crippen molar-refractivity contribution in [3.05, 3.63) is 52.7 Å². The molecule has 4 nitrogen and oxygen atoms in total. The summed E-state index contributed by atoms with van der Waals surface area (Å²) in [6.07, 6.45) is 0.359. The standard InChI is InChI=1S/C20H25NO3S/c1-5-24-18(23)19(2,3)14-20(4,16-12-9-13-25-16)17(22)21-15-10-7-6-8-11-15/h6-13H,5,14H2,1-4H3,(H,21,22). The summed E-state index contributed by atoms with van der Waals surface area (Å²) in [7, 11) is 0. The molecule has 0 aliphatic heterocycles. The van der Waals surface area contributed by atoms with E-state index in [1.54, 1.807) is 6.92 Å². The Morgan fingerprint density at radius 1 is 1.08 bits per heavy atom. The Hall–Kier alpha value is -2.14. The number of ether oxygens (including phenoxy) is 1. The zero-order valence-electron chi connectivity index (χ0n) is 15.2. The number of carbonyl (C=O) groups is 2. The smallest absolute Gasteiger partial charge is 0.311 e. The minimum atomic E-state index is -0.833. The lowest BCUT2D eigenvalue weighted by atomic mass is 9.72. The van der Waals surface area contributed by atoms with Crippen molar-refractivity contribution in [2.24, 2.45) is 5.41 Å². The van der Waals surface area contributed by atoms with Crippen LogP contribution in [-0.2, 0) is 19.7 Å². The van der Waals surface area contributed by atoms with Gasteiger partial charge >= 0.3 is 5.97 Å². The average molecular weight is 359 g/mol. The molecule has 0 saturated heterocycles. The van der Waals surface area contributed by atoms with Crippen molar-refractivity contribution in [2.45, 2.75) is 39.5 Å². The van der Waals surface area contributed by atoms with Gasteiger partial charge in [-0.05, 0) is 57.7 Å². The molecule has 1 atom stereocenters. The average Bonchev–Trinajstić information content (AvgIpc) is 3.10. The maximum atomic E-state index is 13.1. The minimum Gasteiger partial charge on any atom is -0.466 e. The summed E-state index contributed by atoms with van der Waals surface area (Å²) in [5.74, 6) is -0.413. The van der Waals surface area contributed by atoms with Gasteiger partial charge in [0.1, 0.15) is 0 Å². The summed E-state index contributed by atoms with van der Waals surface area (Å²) in [6.45, 7) is 7.65. The molecule has 1 aromatic carbocycles. The van der Waals surface area contributed by atoms with Gasteiger partial charge in [0.25, 0.3) is 0 Å². The van der Waals surface area contributed by atoms with Crippen LogP contribution in [0.1, 0.15) is 39.0 Å². The molecule has 134 valence electrons. The van der Waals surface area contributed by atoms with Crippen LogP contribution in [0.4, 0.5) is 5.69 Å². The molecule has 25 heavy (non-hydrogen) atoms. The van der Waals surface area contributed by atoms with Crippen molar-refractivity contribution in [1.29, 1.82) is 0 Å². The maximum absolute atomic E-state index is 13.1. The molecule has 0 radical (unpaired) electrons. The van der Waals surface area contributed by atoms with Crippen LogP contribution in [0, 0.1) is 5.41 Å². The van der Waals surface area contributed by atoms with Crippen molar-refractivity contribution < 1.29 is 14.3 Å². The molecule has 0 saturated carbocycles. The highest BCUT2D eigenvalue weighted by Crippen LogP contribution is 2.40. The molecule has 2 aromatic rings. The highest BCUT2D eigenvalue weighted by molar-refractivity contribution is 7.10. The quantitative estimate of drug-likeness (QED) is 0.734. The number of amides is 1. The molecule has 0 spiro atoms. The fraction of sp³-hybridized carbons (Fsp3) is 0.400. The van der Waals surface area contributed by atoms with Crippen LogP contribution in [0.2, 0.25) is 0 Å². The first-order chi connectivity index (χ1) is 11.8. The molecule has 0 bridgehead atoms. The molecule has 1 aromatic heterocycles. The Bertz CT molecular complexity index is 710. The number of rotatable bonds is 7. The first kappa shape index (κ1) is 19.2. The fourth-order valence-electron chi connectivity index (χ4n) is 2.94.